The molecule has 3 aromatic carbocycles. The number of nitrogens with zero attached hydrogens (tertiary/aromatic N) is 1. The Bertz CT molecular complexity index is 1910. The summed E-state index contributed by atoms with van der Waals surface area (Å²) in [4.78, 5) is 8.82. The molecule has 0 aliphatic carbocycles. The number of H-pyrrole nitrogens is 1. The molecule has 0 saturated carbocycles. The number of benzene rings is 3. The van der Waals surface area contributed by atoms with Gasteiger partial charge in [-0.3, -0.25) is 0 Å². The molecule has 1 aliphatic heterocycles. The fourth-order valence-electron chi connectivity index (χ4n) is 6.07. The molecule has 2 heterocycles. The predicted octanol–water partition coefficient (Wildman–Crippen LogP) is 11.1. The molecule has 4 nitrogen and oxygen atoms in total. The summed E-state index contributed by atoms with van der Waals surface area (Å²) in [5.41, 5.74) is 10.3. The number of rotatable bonds is 4. The van der Waals surface area contributed by atoms with Gasteiger partial charge in [0, 0.05) is 39.2 Å². The third kappa shape index (κ3) is 6.88. The van der Waals surface area contributed by atoms with Crippen molar-refractivity contribution < 1.29 is 10.2 Å². The van der Waals surface area contributed by atoms with Crippen molar-refractivity contribution in [2.24, 2.45) is 4.99 Å². The van der Waals surface area contributed by atoms with Gasteiger partial charge in [0.2, 0.25) is 0 Å². The normalized spacial score (nSPS) is 15.3. The quantitative estimate of drug-likeness (QED) is 0.210. The minimum Gasteiger partial charge on any atom is -0.507 e. The molecule has 5 rings (SSSR count). The van der Waals surface area contributed by atoms with Gasteiger partial charge in [0.15, 0.2) is 0 Å². The maximum absolute atomic E-state index is 11.6. The Balaban J connectivity index is 1.71. The number of aliphatic imine (C=N–C) groups is 1. The van der Waals surface area contributed by atoms with Crippen LogP contribution in [0, 0.1) is 0 Å². The topological polar surface area (TPSA) is 68.6 Å². The maximum Gasteiger partial charge on any atom is 0.128 e. The Morgan fingerprint density at radius 2 is 1.09 bits per heavy atom. The van der Waals surface area contributed by atoms with Crippen molar-refractivity contribution in [2.75, 3.05) is 0 Å². The number of aromatic nitrogens is 1. The monoisotopic (exact) mass is 628 g/mol. The number of hydrogen-bond donors (Lipinski definition) is 3. The van der Waals surface area contributed by atoms with Gasteiger partial charge in [-0.2, -0.15) is 0 Å². The van der Waals surface area contributed by atoms with E-state index < -0.39 is 0 Å². The molecule has 4 aromatic rings. The SMILES string of the molecule is CC(C)(C)c1cc(C2=N/C(=C(/c3ccccc3)c3ccc(-c4cc(C(C)(C)C)cc(C(C)(C)C)c4O)[nH]3)C=C2)c(O)c(C(C)(C)C)c1. The van der Waals surface area contributed by atoms with Crippen molar-refractivity contribution in [1.82, 2.24) is 4.98 Å². The molecule has 0 spiro atoms. The Labute approximate surface area is 282 Å². The second-order valence-corrected chi connectivity index (χ2v) is 17.1. The lowest BCUT2D eigenvalue weighted by atomic mass is 9.78. The van der Waals surface area contributed by atoms with Gasteiger partial charge in [0.1, 0.15) is 11.5 Å². The van der Waals surface area contributed by atoms with Crippen LogP contribution >= 0.6 is 0 Å². The first-order chi connectivity index (χ1) is 21.7. The molecule has 0 bridgehead atoms. The molecular formula is C43H52N2O2. The summed E-state index contributed by atoms with van der Waals surface area (Å²) in [7, 11) is 0. The van der Waals surface area contributed by atoms with Crippen LogP contribution in [0.25, 0.3) is 16.8 Å². The summed E-state index contributed by atoms with van der Waals surface area (Å²) in [5, 5.41) is 23.2. The summed E-state index contributed by atoms with van der Waals surface area (Å²) >= 11 is 0. The summed E-state index contributed by atoms with van der Waals surface area (Å²) in [6.07, 6.45) is 4.04. The van der Waals surface area contributed by atoms with E-state index in [2.05, 4.69) is 131 Å². The van der Waals surface area contributed by atoms with Crippen molar-refractivity contribution in [3.8, 4) is 22.8 Å². The van der Waals surface area contributed by atoms with E-state index in [4.69, 9.17) is 4.99 Å². The molecule has 1 aromatic heterocycles. The molecule has 0 unspecified atom stereocenters. The van der Waals surface area contributed by atoms with Crippen molar-refractivity contribution in [1.29, 1.82) is 0 Å². The molecule has 3 N–H and O–H groups in total. The van der Waals surface area contributed by atoms with Gasteiger partial charge in [-0.1, -0.05) is 126 Å². The van der Waals surface area contributed by atoms with Crippen molar-refractivity contribution in [2.45, 2.75) is 105 Å². The van der Waals surface area contributed by atoms with Crippen LogP contribution in [-0.2, 0) is 21.7 Å². The van der Waals surface area contributed by atoms with E-state index in [1.54, 1.807) is 0 Å². The van der Waals surface area contributed by atoms with Crippen molar-refractivity contribution >= 4 is 11.3 Å². The second kappa shape index (κ2) is 11.7. The smallest absolute Gasteiger partial charge is 0.128 e. The largest absolute Gasteiger partial charge is 0.507 e. The van der Waals surface area contributed by atoms with E-state index in [-0.39, 0.29) is 27.4 Å². The summed E-state index contributed by atoms with van der Waals surface area (Å²) in [6.45, 7) is 26.0. The minimum absolute atomic E-state index is 0.0858. The zero-order valence-electron chi connectivity index (χ0n) is 30.3. The average Bonchev–Trinajstić information content (AvgIpc) is 3.62. The predicted molar refractivity (Wildman–Crippen MR) is 199 cm³/mol. The number of nitrogens with one attached hydrogen (secondary N) is 1. The molecule has 0 atom stereocenters. The molecule has 246 valence electrons. The highest BCUT2D eigenvalue weighted by Crippen LogP contribution is 2.43. The third-order valence-corrected chi connectivity index (χ3v) is 9.05. The lowest BCUT2D eigenvalue weighted by molar-refractivity contribution is 0.443. The number of allylic oxidation sites excluding steroid dienone is 2. The van der Waals surface area contributed by atoms with Crippen LogP contribution in [-0.4, -0.2) is 20.9 Å². The fourth-order valence-corrected chi connectivity index (χ4v) is 6.07. The second-order valence-electron chi connectivity index (χ2n) is 17.1. The molecule has 0 amide bonds. The molecule has 0 fully saturated rings. The molecule has 1 aliphatic rings. The minimum atomic E-state index is -0.236. The van der Waals surface area contributed by atoms with E-state index in [1.807, 2.05) is 36.4 Å². The highest BCUT2D eigenvalue weighted by atomic mass is 16.3. The van der Waals surface area contributed by atoms with Crippen LogP contribution in [0.5, 0.6) is 11.5 Å². The average molecular weight is 629 g/mol. The number of aromatic hydroxyl groups is 2. The van der Waals surface area contributed by atoms with Gasteiger partial charge in [-0.05, 0) is 74.8 Å². The molecule has 0 saturated heterocycles. The maximum atomic E-state index is 11.6. The summed E-state index contributed by atoms with van der Waals surface area (Å²) in [6, 6.07) is 22.9. The number of hydrogen-bond acceptors (Lipinski definition) is 3. The van der Waals surface area contributed by atoms with Gasteiger partial charge in [0.05, 0.1) is 11.4 Å². The van der Waals surface area contributed by atoms with Gasteiger partial charge >= 0.3 is 0 Å². The van der Waals surface area contributed by atoms with Gasteiger partial charge in [-0.25, -0.2) is 4.99 Å². The highest BCUT2D eigenvalue weighted by molar-refractivity contribution is 6.14. The molecule has 47 heavy (non-hydrogen) atoms. The highest BCUT2D eigenvalue weighted by Gasteiger charge is 2.29. The Hall–Kier alpha value is -4.31. The molecule has 0 radical (unpaired) electrons. The van der Waals surface area contributed by atoms with E-state index in [1.165, 1.54) is 5.56 Å². The first kappa shape index (κ1) is 34.0. The lowest BCUT2D eigenvalue weighted by Crippen LogP contribution is -2.18. The third-order valence-electron chi connectivity index (χ3n) is 9.05. The van der Waals surface area contributed by atoms with Gasteiger partial charge < -0.3 is 15.2 Å². The first-order valence-corrected chi connectivity index (χ1v) is 16.7. The van der Waals surface area contributed by atoms with E-state index in [9.17, 15) is 10.2 Å². The number of phenolic OH excluding ortho intramolecular Hbond substituents is 2. The first-order valence-electron chi connectivity index (χ1n) is 16.7. The van der Waals surface area contributed by atoms with Crippen molar-refractivity contribution in [3.63, 3.8) is 0 Å². The van der Waals surface area contributed by atoms with Crippen LogP contribution in [0.2, 0.25) is 0 Å². The molecular weight excluding hydrogens is 576 g/mol. The van der Waals surface area contributed by atoms with Crippen LogP contribution in [0.1, 0.15) is 122 Å². The zero-order chi connectivity index (χ0) is 34.7. The molecule has 4 heteroatoms. The van der Waals surface area contributed by atoms with E-state index in [0.29, 0.717) is 5.75 Å². The van der Waals surface area contributed by atoms with Gasteiger partial charge in [-0.15, -0.1) is 0 Å². The zero-order valence-corrected chi connectivity index (χ0v) is 30.3. The Morgan fingerprint density at radius 1 is 0.574 bits per heavy atom. The summed E-state index contributed by atoms with van der Waals surface area (Å²) in [5.74, 6) is 0.583. The lowest BCUT2D eigenvalue weighted by Gasteiger charge is -2.27. The van der Waals surface area contributed by atoms with Crippen LogP contribution < -0.4 is 0 Å². The Kier molecular flexibility index (Phi) is 8.50. The van der Waals surface area contributed by atoms with E-state index >= 15 is 0 Å². The van der Waals surface area contributed by atoms with E-state index in [0.717, 1.165) is 61.8 Å². The van der Waals surface area contributed by atoms with Crippen LogP contribution in [0.4, 0.5) is 0 Å². The van der Waals surface area contributed by atoms with Crippen LogP contribution in [0.3, 0.4) is 0 Å². The summed E-state index contributed by atoms with van der Waals surface area (Å²) < 4.78 is 0. The number of phenols is 2. The fraction of sp³-hybridized carbons (Fsp3) is 0.372. The standard InChI is InChI=1S/C43H52N2O2/c1-40(2,3)27-22-29(38(46)31(24-27)42(7,8)9)33-18-20-35(44-33)37(26-16-14-13-15-17-26)36-21-19-34(45-36)30-23-28(41(4,5)6)25-32(39(30)47)43(10,11)12/h13-25,44,46-47H,1-12H3/b37-36-. The van der Waals surface area contributed by atoms with Gasteiger partial charge in [0.25, 0.3) is 0 Å². The Morgan fingerprint density at radius 3 is 1.60 bits per heavy atom. The van der Waals surface area contributed by atoms with Crippen molar-refractivity contribution in [3.05, 3.63) is 124 Å². The van der Waals surface area contributed by atoms with Crippen LogP contribution in [0.15, 0.2) is 89.6 Å². The number of aromatic amines is 1.